The molecule has 0 radical (unpaired) electrons. The molecule has 0 aliphatic heterocycles. The van der Waals surface area contributed by atoms with Gasteiger partial charge in [-0.25, -0.2) is 0 Å². The van der Waals surface area contributed by atoms with Gasteiger partial charge in [0.25, 0.3) is 0 Å². The van der Waals surface area contributed by atoms with Gasteiger partial charge in [0.05, 0.1) is 52.9 Å². The quantitative estimate of drug-likeness (QED) is 0.0271. The smallest absolute Gasteiger partial charge is 0.342 e. The zero-order valence-corrected chi connectivity index (χ0v) is 71.8. The Hall–Kier alpha value is -9.43. The van der Waals surface area contributed by atoms with E-state index in [1.807, 2.05) is 212 Å². The summed E-state index contributed by atoms with van der Waals surface area (Å²) < 4.78 is 87.4. The summed E-state index contributed by atoms with van der Waals surface area (Å²) in [6.45, 7) is 46.1. The summed E-state index contributed by atoms with van der Waals surface area (Å²) in [4.78, 5) is 0. The van der Waals surface area contributed by atoms with Crippen LogP contribution in [0.15, 0.2) is 228 Å². The van der Waals surface area contributed by atoms with Gasteiger partial charge in [0.2, 0.25) is 0 Å². The second-order valence-corrected chi connectivity index (χ2v) is 26.8. The number of rotatable bonds is 53. The normalized spacial score (nSPS) is 9.87. The molecule has 0 atom stereocenters. The highest BCUT2D eigenvalue weighted by molar-refractivity contribution is 5.53. The molecule has 7 aromatic carbocycles. The summed E-state index contributed by atoms with van der Waals surface area (Å²) in [6.07, 6.45) is 41.2. The molecule has 0 heterocycles. The van der Waals surface area contributed by atoms with Crippen molar-refractivity contribution in [2.24, 2.45) is 0 Å². The van der Waals surface area contributed by atoms with Crippen molar-refractivity contribution in [3.63, 3.8) is 0 Å². The largest absolute Gasteiger partial charge is 0.494 e. The van der Waals surface area contributed by atoms with Gasteiger partial charge in [-0.3, -0.25) is 0 Å². The molecule has 0 amide bonds. The van der Waals surface area contributed by atoms with Crippen LogP contribution in [0.1, 0.15) is 247 Å². The van der Waals surface area contributed by atoms with Gasteiger partial charge in [-0.05, 0) is 188 Å². The van der Waals surface area contributed by atoms with Gasteiger partial charge in [0.15, 0.2) is 0 Å². The average molecular weight is 1590 g/mol. The molecule has 0 bridgehead atoms. The van der Waals surface area contributed by atoms with Crippen LogP contribution in [0, 0.1) is 0 Å². The molecule has 634 valence electrons. The Morgan fingerprint density at radius 1 is 0.235 bits per heavy atom. The third-order valence-corrected chi connectivity index (χ3v) is 17.0. The zero-order chi connectivity index (χ0) is 84.5. The van der Waals surface area contributed by atoms with E-state index in [2.05, 4.69) is 97.1 Å². The second-order valence-electron chi connectivity index (χ2n) is 26.8. The van der Waals surface area contributed by atoms with Crippen molar-refractivity contribution in [2.45, 2.75) is 208 Å². The number of unbranched alkanes of at least 4 members (excludes halogenated alkanes) is 18. The minimum Gasteiger partial charge on any atom is -0.494 e. The molecule has 10 nitrogen and oxygen atoms in total. The summed E-state index contributed by atoms with van der Waals surface area (Å²) in [5.74, 6) is 6.61. The van der Waals surface area contributed by atoms with E-state index in [0.717, 1.165) is 183 Å². The second kappa shape index (κ2) is 78.5. The topological polar surface area (TPSA) is 92.3 Å². The predicted octanol–water partition coefficient (Wildman–Crippen LogP) is 30.6. The molecule has 115 heavy (non-hydrogen) atoms. The lowest BCUT2D eigenvalue weighted by Gasteiger charge is -2.06. The Morgan fingerprint density at radius 3 is 0.739 bits per heavy atom. The summed E-state index contributed by atoms with van der Waals surface area (Å²) >= 11 is 0. The SMILES string of the molecule is C=Cc1ccc(OCCC)cc1.C=Cc1ccc(OCCCC)cc1.C=Cc1ccc(OCCCCCCC)cc1.C=Cc1ccc(OCCCCCCCCC)cc1.C=Cc1ccc(OCCCCOC)cc1.C=Cc1cccc(OCCCCC)c1.C=Cc1cccc(OCCCCCC)c1.COCCCCOC(F)=C(F)F. The van der Waals surface area contributed by atoms with E-state index in [1.165, 1.54) is 110 Å². The zero-order valence-electron chi connectivity index (χ0n) is 71.8. The fourth-order valence-corrected chi connectivity index (χ4v) is 10.0. The Bertz CT molecular complexity index is 3460. The highest BCUT2D eigenvalue weighted by atomic mass is 19.3. The van der Waals surface area contributed by atoms with E-state index < -0.39 is 12.1 Å². The first-order valence-corrected chi connectivity index (χ1v) is 42.0. The van der Waals surface area contributed by atoms with Crippen LogP contribution in [-0.4, -0.2) is 80.3 Å². The van der Waals surface area contributed by atoms with Crippen molar-refractivity contribution in [1.29, 1.82) is 0 Å². The number of methoxy groups -OCH3 is 2. The maximum absolute atomic E-state index is 11.9. The Morgan fingerprint density at radius 2 is 0.461 bits per heavy atom. The van der Waals surface area contributed by atoms with Crippen LogP contribution in [-0.2, 0) is 14.2 Å². The Labute approximate surface area is 695 Å². The number of hydrogen-bond donors (Lipinski definition) is 0. The molecule has 0 unspecified atom stereocenters. The van der Waals surface area contributed by atoms with Gasteiger partial charge in [0, 0.05) is 27.4 Å². The monoisotopic (exact) mass is 1590 g/mol. The fourth-order valence-electron chi connectivity index (χ4n) is 10.0. The lowest BCUT2D eigenvalue weighted by atomic mass is 10.1. The fraction of sp³-hybridized carbons (Fsp3) is 0.431. The summed E-state index contributed by atoms with van der Waals surface area (Å²) in [5, 5.41) is 0. The van der Waals surface area contributed by atoms with E-state index in [0.29, 0.717) is 19.4 Å². The third-order valence-electron chi connectivity index (χ3n) is 17.0. The molecule has 0 aromatic heterocycles. The molecular weight excluding hydrogens is 1440 g/mol. The van der Waals surface area contributed by atoms with Crippen molar-refractivity contribution < 1.29 is 60.5 Å². The van der Waals surface area contributed by atoms with E-state index in [9.17, 15) is 13.2 Å². The number of halogens is 3. The lowest BCUT2D eigenvalue weighted by molar-refractivity contribution is 0.109. The van der Waals surface area contributed by atoms with Crippen molar-refractivity contribution in [2.75, 3.05) is 80.3 Å². The van der Waals surface area contributed by atoms with Gasteiger partial charge in [0.1, 0.15) is 40.2 Å². The van der Waals surface area contributed by atoms with Crippen LogP contribution in [0.5, 0.6) is 40.2 Å². The molecule has 7 aromatic rings. The highest BCUT2D eigenvalue weighted by Crippen LogP contribution is 2.21. The first-order chi connectivity index (χ1) is 56.2. The van der Waals surface area contributed by atoms with Crippen LogP contribution < -0.4 is 33.2 Å². The Kier molecular flexibility index (Phi) is 72.0. The van der Waals surface area contributed by atoms with Gasteiger partial charge < -0.3 is 47.4 Å². The first kappa shape index (κ1) is 106. The van der Waals surface area contributed by atoms with Gasteiger partial charge >= 0.3 is 12.1 Å². The molecule has 0 fully saturated rings. The number of hydrogen-bond acceptors (Lipinski definition) is 10. The molecule has 13 heteroatoms. The van der Waals surface area contributed by atoms with Gasteiger partial charge in [-0.2, -0.15) is 13.2 Å². The van der Waals surface area contributed by atoms with Crippen LogP contribution in [0.25, 0.3) is 42.5 Å². The van der Waals surface area contributed by atoms with E-state index >= 15 is 0 Å². The Balaban J connectivity index is 0.00000130. The molecule has 0 saturated carbocycles. The van der Waals surface area contributed by atoms with Gasteiger partial charge in [-0.15, -0.1) is 0 Å². The predicted molar refractivity (Wildman–Crippen MR) is 488 cm³/mol. The third kappa shape index (κ3) is 62.6. The van der Waals surface area contributed by atoms with E-state index in [-0.39, 0.29) is 6.61 Å². The number of benzene rings is 7. The lowest BCUT2D eigenvalue weighted by Crippen LogP contribution is -1.99. The summed E-state index contributed by atoms with van der Waals surface area (Å²) in [5.41, 5.74) is 7.86. The molecule has 0 aliphatic rings. The van der Waals surface area contributed by atoms with E-state index in [4.69, 9.17) is 37.9 Å². The number of ether oxygens (including phenoxy) is 10. The molecule has 0 spiro atoms. The van der Waals surface area contributed by atoms with Crippen molar-refractivity contribution in [3.05, 3.63) is 267 Å². The first-order valence-electron chi connectivity index (χ1n) is 42.0. The van der Waals surface area contributed by atoms with Crippen LogP contribution in [0.2, 0.25) is 0 Å². The van der Waals surface area contributed by atoms with Crippen LogP contribution in [0.4, 0.5) is 13.2 Å². The summed E-state index contributed by atoms with van der Waals surface area (Å²) in [6, 6.07) is 54.2. The van der Waals surface area contributed by atoms with Crippen molar-refractivity contribution in [3.8, 4) is 40.2 Å². The maximum Gasteiger partial charge on any atom is 0.342 e. The molecule has 0 saturated heterocycles. The highest BCUT2D eigenvalue weighted by Gasteiger charge is 2.06. The van der Waals surface area contributed by atoms with Gasteiger partial charge in [-0.1, -0.05) is 318 Å². The minimum absolute atomic E-state index is 0.0491. The average Bonchev–Trinajstić information content (AvgIpc) is 1.06. The minimum atomic E-state index is -2.42. The summed E-state index contributed by atoms with van der Waals surface area (Å²) in [7, 11) is 3.25. The molecular formula is C102H145F3O10. The maximum atomic E-state index is 11.9. The van der Waals surface area contributed by atoms with E-state index in [1.54, 1.807) is 7.11 Å². The molecule has 0 N–H and O–H groups in total. The standard InChI is InChI=1S/C17H26O.C15H22O.C14H20O.C13H18O2.C13H18O.C12H16O.C11H14O.C7H11F3O2/c1-3-5-6-7-8-9-10-15-18-17-13-11-16(4-2)12-14-17;1-3-5-6-7-8-13-16-15-11-9-14(4-2)10-12-15;1-3-5-6-7-11-15-14-10-8-9-13(4-2)12-14;1-3-12-6-8-13(9-7-12)15-11-5-4-10-14-2;1-3-5-6-10-14-13-9-7-8-12(4-2)11-13;1-3-5-10-13-12-8-6-11(4-2)7-9-12;1-3-9-12-11-7-5-10(4-2)6-8-11;1-11-4-2-3-5-12-7(10)6(8)9/h4,11-14H,2-3,5-10,15H2,1H3;4,9-12H,2-3,5-8,13H2,1H3;4,8-10,12H,2-3,5-7,11H2,1H3;3,6-9H,1,4-5,10-11H2,2H3;4,7-9,11H,2-3,5-6,10H2,1H3;4,6-9H,2-3,5,10H2,1H3;4-8H,2-3,9H2,1H3;2-5H2,1H3. The molecule has 0 aliphatic carbocycles. The van der Waals surface area contributed by atoms with Crippen molar-refractivity contribution in [1.82, 2.24) is 0 Å². The van der Waals surface area contributed by atoms with Crippen LogP contribution >= 0.6 is 0 Å². The molecule has 7 rings (SSSR count). The van der Waals surface area contributed by atoms with Crippen molar-refractivity contribution >= 4 is 42.5 Å². The van der Waals surface area contributed by atoms with Crippen LogP contribution in [0.3, 0.4) is 0 Å².